The van der Waals surface area contributed by atoms with Crippen molar-refractivity contribution < 1.29 is 9.47 Å². The van der Waals surface area contributed by atoms with Gasteiger partial charge in [0.1, 0.15) is 6.04 Å². The minimum absolute atomic E-state index is 0.104. The van der Waals surface area contributed by atoms with Gasteiger partial charge in [0.15, 0.2) is 5.82 Å². The fraction of sp³-hybridized carbons (Fsp3) is 0.545. The molecule has 4 heterocycles. The number of ether oxygens (including phenoxy) is 2. The second kappa shape index (κ2) is 8.49. The maximum atomic E-state index is 13.3. The van der Waals surface area contributed by atoms with Crippen molar-refractivity contribution in [1.29, 1.82) is 0 Å². The van der Waals surface area contributed by atoms with Gasteiger partial charge in [-0.25, -0.2) is 4.68 Å². The second-order valence-corrected chi connectivity index (χ2v) is 8.50. The maximum Gasteiger partial charge on any atom is 0.253 e. The van der Waals surface area contributed by atoms with Crippen molar-refractivity contribution in [1.82, 2.24) is 30.1 Å². The lowest BCUT2D eigenvalue weighted by Crippen LogP contribution is -2.42. The van der Waals surface area contributed by atoms with Gasteiger partial charge in [-0.2, -0.15) is 0 Å². The number of aromatic amines is 1. The molecule has 3 aromatic rings. The number of H-pyrrole nitrogens is 1. The van der Waals surface area contributed by atoms with Crippen molar-refractivity contribution in [3.05, 3.63) is 51.1 Å². The zero-order chi connectivity index (χ0) is 21.4. The Morgan fingerprint density at radius 2 is 2.03 bits per heavy atom. The summed E-state index contributed by atoms with van der Waals surface area (Å²) >= 11 is 0. The van der Waals surface area contributed by atoms with Crippen LogP contribution < -0.4 is 5.56 Å². The highest BCUT2D eigenvalue weighted by molar-refractivity contribution is 5.83. The van der Waals surface area contributed by atoms with Gasteiger partial charge in [-0.15, -0.1) is 5.10 Å². The standard InChI is InChI=1S/C22H28N6O3/c1-14-10-15(2)19-16(11-14)12-18(22(29)23-19)20(27-5-8-30-9-6-27)21-24-25-26-28(21)13-17-4-3-7-31-17/h10-12,17,20H,3-9,13H2,1-2H3,(H,23,29)/t17-,20-/m0/s1. The molecule has 31 heavy (non-hydrogen) atoms. The number of rotatable bonds is 5. The number of nitrogens with one attached hydrogen (secondary N) is 1. The SMILES string of the molecule is Cc1cc(C)c2[nH]c(=O)c([C@@H](c3nnnn3C[C@@H]3CCCO3)N3CCOCC3)cc2c1. The van der Waals surface area contributed by atoms with Crippen molar-refractivity contribution >= 4 is 10.9 Å². The van der Waals surface area contributed by atoms with Crippen LogP contribution in [-0.4, -0.2) is 69.1 Å². The molecule has 2 atom stereocenters. The summed E-state index contributed by atoms with van der Waals surface area (Å²) in [5.41, 5.74) is 3.64. The van der Waals surface area contributed by atoms with Crippen molar-refractivity contribution in [3.8, 4) is 0 Å². The molecule has 0 radical (unpaired) electrons. The summed E-state index contributed by atoms with van der Waals surface area (Å²) in [5, 5.41) is 13.6. The van der Waals surface area contributed by atoms with Crippen LogP contribution in [-0.2, 0) is 16.0 Å². The van der Waals surface area contributed by atoms with Gasteiger partial charge in [0.25, 0.3) is 5.56 Å². The van der Waals surface area contributed by atoms with Gasteiger partial charge in [-0.05, 0) is 60.2 Å². The summed E-state index contributed by atoms with van der Waals surface area (Å²) in [6.07, 6.45) is 2.15. The quantitative estimate of drug-likeness (QED) is 0.666. The minimum atomic E-state index is -0.353. The highest BCUT2D eigenvalue weighted by atomic mass is 16.5. The van der Waals surface area contributed by atoms with Crippen molar-refractivity contribution in [2.24, 2.45) is 0 Å². The Hall–Kier alpha value is -2.62. The van der Waals surface area contributed by atoms with E-state index >= 15 is 0 Å². The van der Waals surface area contributed by atoms with E-state index in [1.807, 2.05) is 13.0 Å². The van der Waals surface area contributed by atoms with E-state index < -0.39 is 0 Å². The Morgan fingerprint density at radius 3 is 2.81 bits per heavy atom. The van der Waals surface area contributed by atoms with Crippen LogP contribution >= 0.6 is 0 Å². The Labute approximate surface area is 180 Å². The van der Waals surface area contributed by atoms with E-state index in [1.165, 1.54) is 0 Å². The summed E-state index contributed by atoms with van der Waals surface area (Å²) < 4.78 is 13.2. The third-order valence-electron chi connectivity index (χ3n) is 6.23. The summed E-state index contributed by atoms with van der Waals surface area (Å²) in [4.78, 5) is 18.6. The van der Waals surface area contributed by atoms with Crippen LogP contribution in [0, 0.1) is 13.8 Å². The monoisotopic (exact) mass is 424 g/mol. The third kappa shape index (κ3) is 4.00. The lowest BCUT2D eigenvalue weighted by molar-refractivity contribution is 0.0205. The van der Waals surface area contributed by atoms with Crippen molar-refractivity contribution in [3.63, 3.8) is 0 Å². The zero-order valence-electron chi connectivity index (χ0n) is 18.0. The Bertz CT molecular complexity index is 1130. The average Bonchev–Trinajstić information content (AvgIpc) is 3.43. The number of pyridine rings is 1. The number of nitrogens with zero attached hydrogens (tertiary/aromatic N) is 5. The zero-order valence-corrected chi connectivity index (χ0v) is 18.0. The number of aryl methyl sites for hydroxylation is 2. The van der Waals surface area contributed by atoms with Crippen LogP contribution in [0.25, 0.3) is 10.9 Å². The molecule has 164 valence electrons. The lowest BCUT2D eigenvalue weighted by atomic mass is 10.0. The van der Waals surface area contributed by atoms with E-state index in [0.29, 0.717) is 44.2 Å². The van der Waals surface area contributed by atoms with Gasteiger partial charge in [0.05, 0.1) is 31.4 Å². The lowest BCUT2D eigenvalue weighted by Gasteiger charge is -2.33. The fourth-order valence-corrected chi connectivity index (χ4v) is 4.76. The van der Waals surface area contributed by atoms with Crippen molar-refractivity contribution in [2.45, 2.75) is 45.4 Å². The molecule has 0 amide bonds. The predicted molar refractivity (Wildman–Crippen MR) is 115 cm³/mol. The molecule has 2 aromatic heterocycles. The van der Waals surface area contributed by atoms with Crippen LogP contribution in [0.5, 0.6) is 0 Å². The molecule has 2 saturated heterocycles. The van der Waals surface area contributed by atoms with Crippen molar-refractivity contribution in [2.75, 3.05) is 32.9 Å². The van der Waals surface area contributed by atoms with Crippen LogP contribution in [0.4, 0.5) is 0 Å². The van der Waals surface area contributed by atoms with E-state index in [-0.39, 0.29) is 17.7 Å². The van der Waals surface area contributed by atoms with Gasteiger partial charge < -0.3 is 14.5 Å². The Balaban J connectivity index is 1.62. The van der Waals surface area contributed by atoms with Gasteiger partial charge in [0, 0.05) is 25.3 Å². The molecule has 0 unspecified atom stereocenters. The predicted octanol–water partition coefficient (Wildman–Crippen LogP) is 1.73. The van der Waals surface area contributed by atoms with E-state index in [0.717, 1.165) is 41.5 Å². The van der Waals surface area contributed by atoms with E-state index in [1.54, 1.807) is 4.68 Å². The number of tetrazole rings is 1. The highest BCUT2D eigenvalue weighted by Crippen LogP contribution is 2.29. The first kappa shape index (κ1) is 20.3. The molecule has 0 bridgehead atoms. The Morgan fingerprint density at radius 1 is 1.19 bits per heavy atom. The number of aromatic nitrogens is 5. The molecule has 9 nitrogen and oxygen atoms in total. The first-order chi connectivity index (χ1) is 15.1. The fourth-order valence-electron chi connectivity index (χ4n) is 4.76. The molecule has 2 aliphatic heterocycles. The average molecular weight is 425 g/mol. The molecule has 1 aromatic carbocycles. The summed E-state index contributed by atoms with van der Waals surface area (Å²) in [6, 6.07) is 5.83. The molecular weight excluding hydrogens is 396 g/mol. The largest absolute Gasteiger partial charge is 0.379 e. The summed E-state index contributed by atoms with van der Waals surface area (Å²) in [7, 11) is 0. The number of hydrogen-bond donors (Lipinski definition) is 1. The van der Waals surface area contributed by atoms with E-state index in [4.69, 9.17) is 9.47 Å². The first-order valence-corrected chi connectivity index (χ1v) is 10.9. The summed E-state index contributed by atoms with van der Waals surface area (Å²) in [5.74, 6) is 0.673. The molecule has 0 aliphatic carbocycles. The van der Waals surface area contributed by atoms with E-state index in [2.05, 4.69) is 44.5 Å². The molecule has 0 saturated carbocycles. The van der Waals surface area contributed by atoms with Crippen LogP contribution in [0.1, 0.15) is 41.4 Å². The highest BCUT2D eigenvalue weighted by Gasteiger charge is 2.32. The molecule has 2 aliphatic rings. The van der Waals surface area contributed by atoms with Gasteiger partial charge in [-0.1, -0.05) is 11.6 Å². The Kier molecular flexibility index (Phi) is 5.56. The molecule has 5 rings (SSSR count). The minimum Gasteiger partial charge on any atom is -0.379 e. The smallest absolute Gasteiger partial charge is 0.253 e. The molecule has 2 fully saturated rings. The topological polar surface area (TPSA) is 98.2 Å². The number of benzene rings is 1. The van der Waals surface area contributed by atoms with E-state index in [9.17, 15) is 4.79 Å². The van der Waals surface area contributed by atoms with Gasteiger partial charge in [0.2, 0.25) is 0 Å². The van der Waals surface area contributed by atoms with Crippen LogP contribution in [0.3, 0.4) is 0 Å². The maximum absolute atomic E-state index is 13.3. The molecular formula is C22H28N6O3. The normalized spacial score (nSPS) is 21.0. The first-order valence-electron chi connectivity index (χ1n) is 10.9. The van der Waals surface area contributed by atoms with Crippen LogP contribution in [0.2, 0.25) is 0 Å². The number of morpholine rings is 1. The number of fused-ring (bicyclic) bond motifs is 1. The number of hydrogen-bond acceptors (Lipinski definition) is 7. The van der Waals surface area contributed by atoms with Gasteiger partial charge in [-0.3, -0.25) is 9.69 Å². The second-order valence-electron chi connectivity index (χ2n) is 8.50. The van der Waals surface area contributed by atoms with Crippen LogP contribution in [0.15, 0.2) is 23.0 Å². The molecule has 9 heteroatoms. The molecule has 0 spiro atoms. The summed E-state index contributed by atoms with van der Waals surface area (Å²) in [6.45, 7) is 8.11. The van der Waals surface area contributed by atoms with Gasteiger partial charge >= 0.3 is 0 Å². The molecule has 1 N–H and O–H groups in total. The third-order valence-corrected chi connectivity index (χ3v) is 6.23.